The molecule has 0 aromatic heterocycles. The van der Waals surface area contributed by atoms with Gasteiger partial charge in [-0.25, -0.2) is 8.42 Å². The van der Waals surface area contributed by atoms with E-state index in [4.69, 9.17) is 0 Å². The summed E-state index contributed by atoms with van der Waals surface area (Å²) in [6.45, 7) is 7.78. The minimum Gasteiger partial charge on any atom is -0.375 e. The maximum Gasteiger partial charge on any atom is 0.256 e. The van der Waals surface area contributed by atoms with Crippen molar-refractivity contribution in [3.05, 3.63) is 65.7 Å². The number of carbonyl (C=O) groups excluding carboxylic acids is 1. The molecule has 1 aliphatic heterocycles. The van der Waals surface area contributed by atoms with Gasteiger partial charge in [0.15, 0.2) is 5.60 Å². The molecule has 194 valence electrons. The van der Waals surface area contributed by atoms with E-state index in [1.807, 2.05) is 42.5 Å². The number of piperidine rings is 1. The second-order valence-electron chi connectivity index (χ2n) is 11.9. The van der Waals surface area contributed by atoms with E-state index >= 15 is 0 Å². The Morgan fingerprint density at radius 3 is 2.08 bits per heavy atom. The van der Waals surface area contributed by atoms with Crippen molar-refractivity contribution in [1.29, 1.82) is 0 Å². The third kappa shape index (κ3) is 4.50. The third-order valence-electron chi connectivity index (χ3n) is 8.70. The monoisotopic (exact) mass is 510 g/mol. The van der Waals surface area contributed by atoms with Crippen molar-refractivity contribution in [3.8, 4) is 0 Å². The van der Waals surface area contributed by atoms with Gasteiger partial charge in [-0.15, -0.1) is 0 Å². The molecule has 0 bridgehead atoms. The van der Waals surface area contributed by atoms with Gasteiger partial charge in [-0.1, -0.05) is 76.1 Å². The minimum absolute atomic E-state index is 0.0281. The van der Waals surface area contributed by atoms with E-state index in [1.54, 1.807) is 16.4 Å². The molecule has 3 aliphatic rings. The number of nitrogens with one attached hydrogen (secondary N) is 1. The lowest BCUT2D eigenvalue weighted by molar-refractivity contribution is -0.147. The highest BCUT2D eigenvalue weighted by atomic mass is 32.2. The van der Waals surface area contributed by atoms with Crippen LogP contribution in [-0.2, 0) is 25.8 Å². The Morgan fingerprint density at radius 2 is 1.53 bits per heavy atom. The second-order valence-corrected chi connectivity index (χ2v) is 13.8. The lowest BCUT2D eigenvalue weighted by Gasteiger charge is -2.33. The van der Waals surface area contributed by atoms with Gasteiger partial charge in [0.05, 0.1) is 4.90 Å². The van der Waals surface area contributed by atoms with E-state index < -0.39 is 15.6 Å². The number of benzene rings is 2. The molecule has 6 nitrogen and oxygen atoms in total. The Bertz CT molecular complexity index is 1190. The SMILES string of the molecule is CC(C)(C)c1ccc(S(=O)(=O)N2CC3C(CNC(=O)C(O)(c4ccccc4)C4CCCC4)C3C2)cc1. The maximum atomic E-state index is 13.3. The normalized spacial score (nSPS) is 26.4. The van der Waals surface area contributed by atoms with Gasteiger partial charge >= 0.3 is 0 Å². The predicted molar refractivity (Wildman–Crippen MR) is 140 cm³/mol. The molecule has 2 N–H and O–H groups in total. The van der Waals surface area contributed by atoms with Gasteiger partial charge in [0, 0.05) is 25.6 Å². The molecule has 5 rings (SSSR count). The molecule has 1 amide bonds. The molecular formula is C29H38N2O4S. The van der Waals surface area contributed by atoms with Crippen molar-refractivity contribution in [1.82, 2.24) is 9.62 Å². The first-order chi connectivity index (χ1) is 17.0. The van der Waals surface area contributed by atoms with E-state index in [0.29, 0.717) is 30.1 Å². The van der Waals surface area contributed by atoms with E-state index in [9.17, 15) is 18.3 Å². The summed E-state index contributed by atoms with van der Waals surface area (Å²) in [5.41, 5.74) is 0.213. The fourth-order valence-electron chi connectivity index (χ4n) is 6.32. The van der Waals surface area contributed by atoms with Crippen LogP contribution in [0.2, 0.25) is 0 Å². The van der Waals surface area contributed by atoms with E-state index in [1.165, 1.54) is 0 Å². The number of carbonyl (C=O) groups is 1. The molecule has 0 radical (unpaired) electrons. The average Bonchev–Trinajstić information content (AvgIpc) is 3.26. The van der Waals surface area contributed by atoms with Crippen molar-refractivity contribution in [2.45, 2.75) is 62.4 Å². The highest BCUT2D eigenvalue weighted by Gasteiger charge is 2.58. The average molecular weight is 511 g/mol. The van der Waals surface area contributed by atoms with Crippen LogP contribution in [0.4, 0.5) is 0 Å². The van der Waals surface area contributed by atoms with Crippen LogP contribution in [0.5, 0.6) is 0 Å². The van der Waals surface area contributed by atoms with E-state index in [-0.39, 0.29) is 35.0 Å². The zero-order valence-corrected chi connectivity index (χ0v) is 22.3. The third-order valence-corrected chi connectivity index (χ3v) is 10.5. The van der Waals surface area contributed by atoms with Gasteiger partial charge in [-0.05, 0) is 59.3 Å². The first-order valence-electron chi connectivity index (χ1n) is 13.2. The Hall–Kier alpha value is -2.22. The zero-order chi connectivity index (χ0) is 25.7. The van der Waals surface area contributed by atoms with Gasteiger partial charge in [-0.2, -0.15) is 4.31 Å². The summed E-state index contributed by atoms with van der Waals surface area (Å²) < 4.78 is 28.0. The summed E-state index contributed by atoms with van der Waals surface area (Å²) in [4.78, 5) is 13.7. The van der Waals surface area contributed by atoms with Crippen LogP contribution >= 0.6 is 0 Å². The van der Waals surface area contributed by atoms with Gasteiger partial charge in [0.2, 0.25) is 10.0 Å². The molecule has 3 atom stereocenters. The minimum atomic E-state index is -3.52. The Balaban J connectivity index is 1.20. The largest absolute Gasteiger partial charge is 0.375 e. The van der Waals surface area contributed by atoms with E-state index in [2.05, 4.69) is 26.1 Å². The van der Waals surface area contributed by atoms with Crippen LogP contribution in [0.3, 0.4) is 0 Å². The van der Waals surface area contributed by atoms with Crippen LogP contribution in [0, 0.1) is 23.7 Å². The van der Waals surface area contributed by atoms with Crippen molar-refractivity contribution in [3.63, 3.8) is 0 Å². The maximum absolute atomic E-state index is 13.3. The molecule has 1 heterocycles. The van der Waals surface area contributed by atoms with Gasteiger partial charge < -0.3 is 10.4 Å². The van der Waals surface area contributed by atoms with Crippen molar-refractivity contribution < 1.29 is 18.3 Å². The van der Waals surface area contributed by atoms with Crippen LogP contribution in [-0.4, -0.2) is 43.4 Å². The number of rotatable bonds is 7. The van der Waals surface area contributed by atoms with Gasteiger partial charge in [0.25, 0.3) is 5.91 Å². The molecule has 2 aromatic rings. The summed E-state index contributed by atoms with van der Waals surface area (Å²) >= 11 is 0. The van der Waals surface area contributed by atoms with Crippen LogP contribution < -0.4 is 5.32 Å². The summed E-state index contributed by atoms with van der Waals surface area (Å²) in [5, 5.41) is 14.7. The first kappa shape index (κ1) is 25.4. The standard InChI is InChI=1S/C29H38N2O4S/c1-28(2,3)20-13-15-23(16-14-20)36(34,35)31-18-25-24(26(25)19-31)17-30-27(32)29(33,22-11-7-8-12-22)21-9-5-4-6-10-21/h4-6,9-10,13-16,22,24-26,33H,7-8,11-12,17-19H2,1-3H3,(H,30,32). The Labute approximate surface area is 215 Å². The summed E-state index contributed by atoms with van der Waals surface area (Å²) in [7, 11) is -3.52. The first-order valence-corrected chi connectivity index (χ1v) is 14.6. The van der Waals surface area contributed by atoms with Gasteiger partial charge in [-0.3, -0.25) is 4.79 Å². The Morgan fingerprint density at radius 1 is 0.944 bits per heavy atom. The molecule has 36 heavy (non-hydrogen) atoms. The van der Waals surface area contributed by atoms with Crippen molar-refractivity contribution in [2.75, 3.05) is 19.6 Å². The predicted octanol–water partition coefficient (Wildman–Crippen LogP) is 4.04. The van der Waals surface area contributed by atoms with Gasteiger partial charge in [0.1, 0.15) is 0 Å². The Kier molecular flexibility index (Phi) is 6.54. The number of fused-ring (bicyclic) bond motifs is 1. The number of nitrogens with zero attached hydrogens (tertiary/aromatic N) is 1. The molecule has 7 heteroatoms. The number of aliphatic hydroxyl groups is 1. The molecule has 0 spiro atoms. The van der Waals surface area contributed by atoms with Crippen LogP contribution in [0.25, 0.3) is 0 Å². The fraction of sp³-hybridized carbons (Fsp3) is 0.552. The molecule has 3 fully saturated rings. The smallest absolute Gasteiger partial charge is 0.256 e. The summed E-state index contributed by atoms with van der Waals surface area (Å²) in [6.07, 6.45) is 3.75. The molecule has 2 aliphatic carbocycles. The zero-order valence-electron chi connectivity index (χ0n) is 21.5. The van der Waals surface area contributed by atoms with Crippen LogP contribution in [0.1, 0.15) is 57.6 Å². The number of amides is 1. The molecule has 1 saturated heterocycles. The lowest BCUT2D eigenvalue weighted by Crippen LogP contribution is -2.49. The topological polar surface area (TPSA) is 86.7 Å². The highest BCUT2D eigenvalue weighted by molar-refractivity contribution is 7.89. The number of hydrogen-bond donors (Lipinski definition) is 2. The van der Waals surface area contributed by atoms with Crippen molar-refractivity contribution >= 4 is 15.9 Å². The summed E-state index contributed by atoms with van der Waals surface area (Å²) in [6, 6.07) is 16.5. The lowest BCUT2D eigenvalue weighted by atomic mass is 9.79. The molecule has 2 aromatic carbocycles. The highest BCUT2D eigenvalue weighted by Crippen LogP contribution is 2.52. The van der Waals surface area contributed by atoms with Crippen LogP contribution in [0.15, 0.2) is 59.5 Å². The van der Waals surface area contributed by atoms with Crippen molar-refractivity contribution in [2.24, 2.45) is 23.7 Å². The molecule has 2 saturated carbocycles. The number of sulfonamides is 1. The fourth-order valence-corrected chi connectivity index (χ4v) is 7.83. The number of hydrogen-bond acceptors (Lipinski definition) is 4. The molecule has 3 unspecified atom stereocenters. The molecular weight excluding hydrogens is 472 g/mol. The van der Waals surface area contributed by atoms with E-state index in [0.717, 1.165) is 31.2 Å². The summed E-state index contributed by atoms with van der Waals surface area (Å²) in [5.74, 6) is 0.362. The quantitative estimate of drug-likeness (QED) is 0.589. The second kappa shape index (κ2) is 9.26.